The first-order valence-corrected chi connectivity index (χ1v) is 28.8. The van der Waals surface area contributed by atoms with Crippen LogP contribution in [0.5, 0.6) is 0 Å². The minimum absolute atomic E-state index is 0.0428. The van der Waals surface area contributed by atoms with E-state index in [2.05, 4.69) is 43.5 Å². The first-order chi connectivity index (χ1) is 32.0. The summed E-state index contributed by atoms with van der Waals surface area (Å²) in [4.78, 5) is 24.5. The maximum atomic E-state index is 12.5. The minimum Gasteiger partial charge on any atom is -0.466 e. The summed E-state index contributed by atoms with van der Waals surface area (Å²) in [7, 11) is 0. The van der Waals surface area contributed by atoms with Crippen LogP contribution in [0, 0.1) is 0 Å². The average Bonchev–Trinajstić information content (AvgIpc) is 3.31. The van der Waals surface area contributed by atoms with Crippen molar-refractivity contribution in [3.05, 3.63) is 36.5 Å². The highest BCUT2D eigenvalue weighted by Gasteiger charge is 2.18. The van der Waals surface area contributed by atoms with E-state index >= 15 is 0 Å². The monoisotopic (exact) mass is 914 g/mol. The lowest BCUT2D eigenvalue weighted by Gasteiger charge is -2.20. The molecule has 0 radical (unpaired) electrons. The van der Waals surface area contributed by atoms with Crippen molar-refractivity contribution in [3.63, 3.8) is 0 Å². The Morgan fingerprint density at radius 3 is 1.12 bits per heavy atom. The SMILES string of the molecule is CCCCC/C=C\CCCCCCCC(=O)OCCCC/C=C\CCCCCCCC(=O)NC(CO)C(O)/C=C/CCCCCCCCCCCCCCCCCCCCCCCCC. The molecule has 382 valence electrons. The highest BCUT2D eigenvalue weighted by molar-refractivity contribution is 5.76. The van der Waals surface area contributed by atoms with Crippen molar-refractivity contribution in [3.8, 4) is 0 Å². The van der Waals surface area contributed by atoms with Crippen molar-refractivity contribution in [1.82, 2.24) is 5.32 Å². The largest absolute Gasteiger partial charge is 0.466 e. The molecule has 0 heterocycles. The fourth-order valence-corrected chi connectivity index (χ4v) is 8.68. The van der Waals surface area contributed by atoms with E-state index < -0.39 is 12.1 Å². The van der Waals surface area contributed by atoms with E-state index in [4.69, 9.17) is 4.74 Å². The van der Waals surface area contributed by atoms with E-state index in [0.29, 0.717) is 19.4 Å². The molecule has 0 aromatic rings. The van der Waals surface area contributed by atoms with E-state index in [-0.39, 0.29) is 18.5 Å². The summed E-state index contributed by atoms with van der Waals surface area (Å²) in [6.45, 7) is 4.81. The summed E-state index contributed by atoms with van der Waals surface area (Å²) in [6, 6.07) is -0.651. The van der Waals surface area contributed by atoms with Gasteiger partial charge in [0.25, 0.3) is 0 Å². The Kier molecular flexibility index (Phi) is 53.1. The van der Waals surface area contributed by atoms with Crippen LogP contribution < -0.4 is 5.32 Å². The van der Waals surface area contributed by atoms with E-state index in [1.54, 1.807) is 6.08 Å². The normalized spacial score (nSPS) is 12.9. The highest BCUT2D eigenvalue weighted by Crippen LogP contribution is 2.17. The van der Waals surface area contributed by atoms with Gasteiger partial charge in [-0.2, -0.15) is 0 Å². The summed E-state index contributed by atoms with van der Waals surface area (Å²) in [5.74, 6) is -0.138. The number of aliphatic hydroxyl groups excluding tert-OH is 2. The molecule has 0 aliphatic rings. The summed E-state index contributed by atoms with van der Waals surface area (Å²) in [5, 5.41) is 23.2. The number of ether oxygens (including phenoxy) is 1. The van der Waals surface area contributed by atoms with Crippen LogP contribution in [-0.4, -0.2) is 47.4 Å². The van der Waals surface area contributed by atoms with Crippen LogP contribution in [-0.2, 0) is 14.3 Å². The molecule has 0 bridgehead atoms. The molecular formula is C59H111NO5. The second-order valence-electron chi connectivity index (χ2n) is 19.6. The Hall–Kier alpha value is -1.92. The quantitative estimate of drug-likeness (QED) is 0.0321. The maximum absolute atomic E-state index is 12.5. The van der Waals surface area contributed by atoms with E-state index in [1.807, 2.05) is 6.08 Å². The number of amides is 1. The van der Waals surface area contributed by atoms with Crippen LogP contribution in [0.3, 0.4) is 0 Å². The summed E-state index contributed by atoms with van der Waals surface area (Å²) >= 11 is 0. The average molecular weight is 915 g/mol. The van der Waals surface area contributed by atoms with Crippen molar-refractivity contribution in [2.24, 2.45) is 0 Å². The Morgan fingerprint density at radius 1 is 0.415 bits per heavy atom. The van der Waals surface area contributed by atoms with Gasteiger partial charge in [-0.25, -0.2) is 0 Å². The molecule has 6 heteroatoms. The number of allylic oxidation sites excluding steroid dienone is 5. The van der Waals surface area contributed by atoms with Crippen LogP contribution >= 0.6 is 0 Å². The zero-order valence-electron chi connectivity index (χ0n) is 43.5. The zero-order valence-corrected chi connectivity index (χ0v) is 43.5. The molecule has 2 unspecified atom stereocenters. The van der Waals surface area contributed by atoms with Crippen molar-refractivity contribution >= 4 is 11.9 Å². The van der Waals surface area contributed by atoms with Crippen molar-refractivity contribution in [2.75, 3.05) is 13.2 Å². The smallest absolute Gasteiger partial charge is 0.305 e. The van der Waals surface area contributed by atoms with Crippen molar-refractivity contribution in [2.45, 2.75) is 315 Å². The zero-order chi connectivity index (χ0) is 47.2. The number of esters is 1. The fourth-order valence-electron chi connectivity index (χ4n) is 8.68. The molecule has 65 heavy (non-hydrogen) atoms. The molecule has 1 amide bonds. The molecule has 3 N–H and O–H groups in total. The number of hydrogen-bond acceptors (Lipinski definition) is 5. The molecule has 0 rings (SSSR count). The number of carbonyl (C=O) groups is 2. The molecule has 0 saturated carbocycles. The van der Waals surface area contributed by atoms with Crippen LogP contribution in [0.4, 0.5) is 0 Å². The molecule has 0 aliphatic heterocycles. The third-order valence-corrected chi connectivity index (χ3v) is 13.1. The first-order valence-electron chi connectivity index (χ1n) is 28.8. The second kappa shape index (κ2) is 54.7. The third kappa shape index (κ3) is 51.3. The van der Waals surface area contributed by atoms with Gasteiger partial charge in [0.1, 0.15) is 0 Å². The molecule has 2 atom stereocenters. The molecule has 0 spiro atoms. The third-order valence-electron chi connectivity index (χ3n) is 13.1. The van der Waals surface area contributed by atoms with Gasteiger partial charge in [-0.15, -0.1) is 0 Å². The van der Waals surface area contributed by atoms with E-state index in [1.165, 1.54) is 193 Å². The lowest BCUT2D eigenvalue weighted by atomic mass is 10.0. The van der Waals surface area contributed by atoms with Gasteiger partial charge in [0.15, 0.2) is 0 Å². The van der Waals surface area contributed by atoms with Crippen LogP contribution in [0.15, 0.2) is 36.5 Å². The summed E-state index contributed by atoms with van der Waals surface area (Å²) in [5.41, 5.74) is 0. The highest BCUT2D eigenvalue weighted by atomic mass is 16.5. The van der Waals surface area contributed by atoms with Crippen LogP contribution in [0.25, 0.3) is 0 Å². The van der Waals surface area contributed by atoms with Gasteiger partial charge in [0.05, 0.1) is 25.4 Å². The van der Waals surface area contributed by atoms with Gasteiger partial charge in [-0.05, 0) is 83.5 Å². The number of carbonyl (C=O) groups excluding carboxylic acids is 2. The van der Waals surface area contributed by atoms with Gasteiger partial charge < -0.3 is 20.3 Å². The van der Waals surface area contributed by atoms with Crippen molar-refractivity contribution < 1.29 is 24.5 Å². The van der Waals surface area contributed by atoms with Gasteiger partial charge >= 0.3 is 5.97 Å². The molecule has 0 aromatic carbocycles. The molecule has 0 fully saturated rings. The number of nitrogens with one attached hydrogen (secondary N) is 1. The topological polar surface area (TPSA) is 95.9 Å². The van der Waals surface area contributed by atoms with Gasteiger partial charge in [0.2, 0.25) is 5.91 Å². The van der Waals surface area contributed by atoms with Crippen molar-refractivity contribution in [1.29, 1.82) is 0 Å². The van der Waals surface area contributed by atoms with Gasteiger partial charge in [-0.3, -0.25) is 9.59 Å². The second-order valence-corrected chi connectivity index (χ2v) is 19.6. The Labute approximate surface area is 404 Å². The molecule has 0 aliphatic carbocycles. The Bertz CT molecular complexity index is 1060. The van der Waals surface area contributed by atoms with E-state index in [9.17, 15) is 19.8 Å². The Morgan fingerprint density at radius 2 is 0.723 bits per heavy atom. The summed E-state index contributed by atoms with van der Waals surface area (Å²) in [6.07, 6.45) is 67.4. The maximum Gasteiger partial charge on any atom is 0.305 e. The lowest BCUT2D eigenvalue weighted by Crippen LogP contribution is -2.45. The number of unbranched alkanes of at least 4 members (excludes halogenated alkanes) is 38. The molecular weight excluding hydrogens is 803 g/mol. The fraction of sp³-hybridized carbons (Fsp3) is 0.864. The lowest BCUT2D eigenvalue weighted by molar-refractivity contribution is -0.143. The standard InChI is InChI=1S/C59H111NO5/c1-3-5-7-9-11-13-15-17-18-19-20-21-22-23-24-25-26-27-28-29-31-35-39-43-47-51-57(62)56(55-61)60-58(63)52-48-44-40-36-32-30-34-38-42-46-50-54-65-59(64)53-49-45-41-37-33-16-14-12-10-8-6-4-2/h12,14,34,38,47,51,56-57,61-62H,3-11,13,15-33,35-37,39-46,48-50,52-55H2,1-2H3,(H,60,63)/b14-12-,38-34-,51-47+. The molecule has 0 saturated heterocycles. The first kappa shape index (κ1) is 63.1. The van der Waals surface area contributed by atoms with E-state index in [0.717, 1.165) is 83.5 Å². The predicted octanol–water partition coefficient (Wildman–Crippen LogP) is 17.6. The van der Waals surface area contributed by atoms with Crippen LogP contribution in [0.2, 0.25) is 0 Å². The van der Waals surface area contributed by atoms with Crippen LogP contribution in [0.1, 0.15) is 303 Å². The van der Waals surface area contributed by atoms with Gasteiger partial charge in [0, 0.05) is 12.8 Å². The van der Waals surface area contributed by atoms with Gasteiger partial charge in [-0.1, -0.05) is 243 Å². The minimum atomic E-state index is -0.864. The number of rotatable bonds is 53. The molecule has 6 nitrogen and oxygen atoms in total. The predicted molar refractivity (Wildman–Crippen MR) is 283 cm³/mol. The Balaban J connectivity index is 3.54. The number of hydrogen-bond donors (Lipinski definition) is 3. The molecule has 0 aromatic heterocycles. The summed E-state index contributed by atoms with van der Waals surface area (Å²) < 4.78 is 5.42. The number of aliphatic hydroxyl groups is 2.